The van der Waals surface area contributed by atoms with Gasteiger partial charge in [-0.1, -0.05) is 17.2 Å². The molecule has 1 aliphatic heterocycles. The first-order valence-electron chi connectivity index (χ1n) is 9.90. The molecule has 0 radical (unpaired) electrons. The Morgan fingerprint density at radius 1 is 1.13 bits per heavy atom. The molecular weight excluding hydrogens is 382 g/mol. The van der Waals surface area contributed by atoms with Crippen molar-refractivity contribution in [2.75, 3.05) is 18.0 Å². The van der Waals surface area contributed by atoms with Crippen molar-refractivity contribution in [3.8, 4) is 11.3 Å². The largest absolute Gasteiger partial charge is 0.464 e. The smallest absolute Gasteiger partial charge is 0.251 e. The van der Waals surface area contributed by atoms with Crippen LogP contribution in [0.2, 0.25) is 0 Å². The number of aryl methyl sites for hydroxylation is 1. The highest BCUT2D eigenvalue weighted by Crippen LogP contribution is 2.27. The molecule has 3 aromatic heterocycles. The van der Waals surface area contributed by atoms with Crippen LogP contribution in [0.5, 0.6) is 0 Å². The van der Waals surface area contributed by atoms with Crippen LogP contribution in [-0.4, -0.2) is 50.2 Å². The Labute approximate surface area is 172 Å². The maximum Gasteiger partial charge on any atom is 0.251 e. The fourth-order valence-electron chi connectivity index (χ4n) is 3.89. The van der Waals surface area contributed by atoms with Crippen LogP contribution < -0.4 is 10.2 Å². The number of nitrogens with one attached hydrogen (secondary N) is 1. The summed E-state index contributed by atoms with van der Waals surface area (Å²) in [7, 11) is 1.83. The third-order valence-electron chi connectivity index (χ3n) is 5.51. The molecule has 1 aromatic carbocycles. The molecule has 1 N–H and O–H groups in total. The third-order valence-corrected chi connectivity index (χ3v) is 5.51. The molecule has 0 aliphatic carbocycles. The number of tetrazole rings is 1. The predicted octanol–water partition coefficient (Wildman–Crippen LogP) is 2.42. The van der Waals surface area contributed by atoms with Gasteiger partial charge in [0.05, 0.1) is 12.0 Å². The Morgan fingerprint density at radius 3 is 2.67 bits per heavy atom. The minimum absolute atomic E-state index is 0.0604. The molecule has 0 atom stereocenters. The summed E-state index contributed by atoms with van der Waals surface area (Å²) in [4.78, 5) is 19.3. The van der Waals surface area contributed by atoms with Crippen molar-refractivity contribution in [3.63, 3.8) is 0 Å². The summed E-state index contributed by atoms with van der Waals surface area (Å²) in [6, 6.07) is 11.4. The molecule has 0 unspecified atom stereocenters. The second-order valence-electron chi connectivity index (χ2n) is 7.41. The standard InChI is InChI=1S/C21H21N7O2/c1-27-21(24-25-26-27)28-11-7-16(8-12-28)23-20(29)15-4-2-14(3-5-15)19-17-9-13-30-18(17)6-10-22-19/h2-6,9-10,13,16H,7-8,11-12H2,1H3,(H,23,29). The van der Waals surface area contributed by atoms with Gasteiger partial charge in [0.2, 0.25) is 5.95 Å². The molecule has 4 heterocycles. The number of hydrogen-bond acceptors (Lipinski definition) is 7. The Kier molecular flexibility index (Phi) is 4.62. The molecule has 1 fully saturated rings. The van der Waals surface area contributed by atoms with E-state index in [9.17, 15) is 4.79 Å². The Balaban J connectivity index is 1.23. The van der Waals surface area contributed by atoms with Crippen LogP contribution in [0.4, 0.5) is 5.95 Å². The van der Waals surface area contributed by atoms with Gasteiger partial charge in [-0.3, -0.25) is 9.78 Å². The first kappa shape index (κ1) is 18.3. The summed E-state index contributed by atoms with van der Waals surface area (Å²) >= 11 is 0. The number of amides is 1. The first-order chi connectivity index (χ1) is 14.7. The van der Waals surface area contributed by atoms with E-state index in [1.54, 1.807) is 17.1 Å². The molecule has 9 heteroatoms. The van der Waals surface area contributed by atoms with E-state index in [1.165, 1.54) is 0 Å². The number of anilines is 1. The topological polar surface area (TPSA) is 102 Å². The van der Waals surface area contributed by atoms with Gasteiger partial charge >= 0.3 is 0 Å². The molecule has 0 bridgehead atoms. The number of hydrogen-bond donors (Lipinski definition) is 1. The van der Waals surface area contributed by atoms with Gasteiger partial charge in [0.1, 0.15) is 5.58 Å². The Bertz CT molecular complexity index is 1170. The van der Waals surface area contributed by atoms with Gasteiger partial charge in [0.25, 0.3) is 5.91 Å². The number of rotatable bonds is 4. The highest BCUT2D eigenvalue weighted by molar-refractivity contribution is 5.96. The number of fused-ring (bicyclic) bond motifs is 1. The number of benzene rings is 1. The lowest BCUT2D eigenvalue weighted by Gasteiger charge is -2.32. The van der Waals surface area contributed by atoms with E-state index in [0.717, 1.165) is 54.1 Å². The normalized spacial score (nSPS) is 14.9. The summed E-state index contributed by atoms with van der Waals surface area (Å²) in [6.45, 7) is 1.61. The minimum atomic E-state index is -0.0604. The van der Waals surface area contributed by atoms with Gasteiger partial charge in [-0.25, -0.2) is 4.68 Å². The van der Waals surface area contributed by atoms with Gasteiger partial charge in [-0.15, -0.1) is 0 Å². The lowest BCUT2D eigenvalue weighted by atomic mass is 10.0. The fraction of sp³-hybridized carbons (Fsp3) is 0.286. The summed E-state index contributed by atoms with van der Waals surface area (Å²) in [6.07, 6.45) is 5.08. The quantitative estimate of drug-likeness (QED) is 0.558. The van der Waals surface area contributed by atoms with Crippen LogP contribution in [0, 0.1) is 0 Å². The number of carbonyl (C=O) groups is 1. The molecule has 152 valence electrons. The van der Waals surface area contributed by atoms with Crippen LogP contribution >= 0.6 is 0 Å². The molecular formula is C21H21N7O2. The maximum absolute atomic E-state index is 12.7. The van der Waals surface area contributed by atoms with Crippen molar-refractivity contribution in [1.82, 2.24) is 30.5 Å². The number of nitrogens with zero attached hydrogens (tertiary/aromatic N) is 6. The summed E-state index contributed by atoms with van der Waals surface area (Å²) in [5.41, 5.74) is 3.23. The zero-order valence-electron chi connectivity index (χ0n) is 16.5. The lowest BCUT2D eigenvalue weighted by molar-refractivity contribution is 0.0931. The van der Waals surface area contributed by atoms with Crippen molar-refractivity contribution in [3.05, 3.63) is 54.4 Å². The van der Waals surface area contributed by atoms with Crippen LogP contribution in [0.15, 0.2) is 53.3 Å². The van der Waals surface area contributed by atoms with Gasteiger partial charge in [0.15, 0.2) is 0 Å². The third kappa shape index (κ3) is 3.38. The van der Waals surface area contributed by atoms with E-state index in [4.69, 9.17) is 4.42 Å². The Hall–Kier alpha value is -3.75. The van der Waals surface area contributed by atoms with Gasteiger partial charge < -0.3 is 14.6 Å². The average molecular weight is 403 g/mol. The molecule has 1 aliphatic rings. The van der Waals surface area contributed by atoms with Crippen LogP contribution in [0.25, 0.3) is 22.2 Å². The second kappa shape index (κ2) is 7.58. The van der Waals surface area contributed by atoms with Crippen LogP contribution in [0.3, 0.4) is 0 Å². The van der Waals surface area contributed by atoms with E-state index in [0.29, 0.717) is 5.56 Å². The fourth-order valence-corrected chi connectivity index (χ4v) is 3.89. The lowest BCUT2D eigenvalue weighted by Crippen LogP contribution is -2.45. The molecule has 5 rings (SSSR count). The zero-order chi connectivity index (χ0) is 20.5. The van der Waals surface area contributed by atoms with E-state index in [1.807, 2.05) is 43.4 Å². The second-order valence-corrected chi connectivity index (χ2v) is 7.41. The number of aromatic nitrogens is 5. The van der Waals surface area contributed by atoms with Crippen molar-refractivity contribution in [2.24, 2.45) is 7.05 Å². The van der Waals surface area contributed by atoms with Crippen LogP contribution in [0.1, 0.15) is 23.2 Å². The molecule has 0 spiro atoms. The molecule has 30 heavy (non-hydrogen) atoms. The van der Waals surface area contributed by atoms with Crippen LogP contribution in [-0.2, 0) is 7.05 Å². The number of carbonyl (C=O) groups excluding carboxylic acids is 1. The molecule has 1 saturated heterocycles. The Morgan fingerprint density at radius 2 is 1.93 bits per heavy atom. The monoisotopic (exact) mass is 403 g/mol. The van der Waals surface area contributed by atoms with Gasteiger partial charge in [0, 0.05) is 48.9 Å². The van der Waals surface area contributed by atoms with Crippen molar-refractivity contribution in [1.29, 1.82) is 0 Å². The summed E-state index contributed by atoms with van der Waals surface area (Å²) < 4.78 is 7.11. The maximum atomic E-state index is 12.7. The highest BCUT2D eigenvalue weighted by Gasteiger charge is 2.24. The molecule has 9 nitrogen and oxygen atoms in total. The highest BCUT2D eigenvalue weighted by atomic mass is 16.3. The SMILES string of the molecule is Cn1nnnc1N1CCC(NC(=O)c2ccc(-c3nccc4occc34)cc2)CC1. The minimum Gasteiger partial charge on any atom is -0.464 e. The number of piperidine rings is 1. The average Bonchev–Trinajstić information content (AvgIpc) is 3.43. The van der Waals surface area contributed by atoms with Gasteiger partial charge in [-0.2, -0.15) is 0 Å². The zero-order valence-corrected chi connectivity index (χ0v) is 16.5. The van der Waals surface area contributed by atoms with E-state index in [2.05, 4.69) is 30.7 Å². The molecule has 1 amide bonds. The molecule has 0 saturated carbocycles. The van der Waals surface area contributed by atoms with E-state index >= 15 is 0 Å². The van der Waals surface area contributed by atoms with Crippen molar-refractivity contribution < 1.29 is 9.21 Å². The summed E-state index contributed by atoms with van der Waals surface area (Å²) in [5, 5.41) is 15.7. The van der Waals surface area contributed by atoms with Gasteiger partial charge in [-0.05, 0) is 47.5 Å². The summed E-state index contributed by atoms with van der Waals surface area (Å²) in [5.74, 6) is 0.700. The number of pyridine rings is 1. The number of furan rings is 1. The van der Waals surface area contributed by atoms with Crippen molar-refractivity contribution >= 4 is 22.8 Å². The van der Waals surface area contributed by atoms with E-state index < -0.39 is 0 Å². The van der Waals surface area contributed by atoms with E-state index in [-0.39, 0.29) is 11.9 Å². The first-order valence-corrected chi connectivity index (χ1v) is 9.90. The van der Waals surface area contributed by atoms with Crippen molar-refractivity contribution in [2.45, 2.75) is 18.9 Å². The predicted molar refractivity (Wildman–Crippen MR) is 111 cm³/mol. The molecule has 4 aromatic rings.